The summed E-state index contributed by atoms with van der Waals surface area (Å²) in [6.07, 6.45) is 1.66. The Labute approximate surface area is 157 Å². The number of aryl methyl sites for hydroxylation is 1. The fourth-order valence-electron chi connectivity index (χ4n) is 2.05. The van der Waals surface area contributed by atoms with Crippen molar-refractivity contribution in [1.29, 1.82) is 0 Å². The van der Waals surface area contributed by atoms with Gasteiger partial charge in [0.1, 0.15) is 0 Å². The van der Waals surface area contributed by atoms with Crippen LogP contribution in [0.1, 0.15) is 5.56 Å². The second kappa shape index (κ2) is 7.19. The Kier molecular flexibility index (Phi) is 5.20. The number of amides is 1. The predicted octanol–water partition coefficient (Wildman–Crippen LogP) is 4.73. The van der Waals surface area contributed by atoms with Gasteiger partial charge in [-0.25, -0.2) is 0 Å². The molecule has 3 aromatic rings. The van der Waals surface area contributed by atoms with E-state index < -0.39 is 0 Å². The van der Waals surface area contributed by atoms with Crippen molar-refractivity contribution >= 4 is 63.8 Å². The maximum atomic E-state index is 12.2. The number of fused-ring (bicyclic) bond motifs is 1. The van der Waals surface area contributed by atoms with E-state index in [1.54, 1.807) is 28.8 Å². The van der Waals surface area contributed by atoms with E-state index in [4.69, 9.17) is 34.8 Å². The molecule has 1 N–H and O–H groups in total. The number of aromatic nitrogens is 3. The van der Waals surface area contributed by atoms with Gasteiger partial charge in [0.05, 0.1) is 15.8 Å². The second-order valence-corrected chi connectivity index (χ2v) is 7.20. The Morgan fingerprint density at radius 1 is 1.21 bits per heavy atom. The van der Waals surface area contributed by atoms with Crippen LogP contribution in [0.5, 0.6) is 0 Å². The quantitative estimate of drug-likeness (QED) is 0.642. The topological polar surface area (TPSA) is 59.3 Å². The van der Waals surface area contributed by atoms with Gasteiger partial charge in [0.15, 0.2) is 10.8 Å². The number of nitrogens with one attached hydrogen (secondary N) is 1. The van der Waals surface area contributed by atoms with Gasteiger partial charge < -0.3 is 5.32 Å². The summed E-state index contributed by atoms with van der Waals surface area (Å²) < 4.78 is 1.66. The van der Waals surface area contributed by atoms with Gasteiger partial charge in [0, 0.05) is 16.9 Å². The number of carbonyl (C=O) groups is 1. The number of benzene rings is 1. The Balaban J connectivity index is 1.72. The maximum Gasteiger partial charge on any atom is 0.234 e. The van der Waals surface area contributed by atoms with Crippen molar-refractivity contribution < 1.29 is 4.79 Å². The van der Waals surface area contributed by atoms with Crippen LogP contribution < -0.4 is 5.32 Å². The molecule has 0 saturated carbocycles. The lowest BCUT2D eigenvalue weighted by molar-refractivity contribution is -0.113. The third kappa shape index (κ3) is 3.78. The number of pyridine rings is 1. The molecule has 0 aliphatic heterocycles. The first-order valence-electron chi connectivity index (χ1n) is 6.82. The Morgan fingerprint density at radius 3 is 2.79 bits per heavy atom. The number of nitrogens with zero attached hydrogens (tertiary/aromatic N) is 3. The first-order chi connectivity index (χ1) is 11.4. The highest BCUT2D eigenvalue weighted by Gasteiger charge is 2.13. The zero-order valence-electron chi connectivity index (χ0n) is 12.4. The van der Waals surface area contributed by atoms with Crippen LogP contribution in [0.2, 0.25) is 15.1 Å². The highest BCUT2D eigenvalue weighted by molar-refractivity contribution is 7.99. The summed E-state index contributed by atoms with van der Waals surface area (Å²) in [5.41, 5.74) is 2.11. The summed E-state index contributed by atoms with van der Waals surface area (Å²) in [4.78, 5) is 12.2. The van der Waals surface area contributed by atoms with Crippen LogP contribution in [0.3, 0.4) is 0 Å². The van der Waals surface area contributed by atoms with Crippen LogP contribution >= 0.6 is 46.6 Å². The lowest BCUT2D eigenvalue weighted by atomic mass is 10.2. The van der Waals surface area contributed by atoms with E-state index in [0.717, 1.165) is 5.56 Å². The molecule has 2 aromatic heterocycles. The van der Waals surface area contributed by atoms with Crippen molar-refractivity contribution in [1.82, 2.24) is 14.6 Å². The van der Waals surface area contributed by atoms with Crippen molar-refractivity contribution in [3.8, 4) is 0 Å². The molecule has 0 aliphatic rings. The molecule has 3 rings (SSSR count). The molecule has 1 aromatic carbocycles. The predicted molar refractivity (Wildman–Crippen MR) is 98.5 cm³/mol. The second-order valence-electron chi connectivity index (χ2n) is 4.98. The minimum Gasteiger partial charge on any atom is -0.325 e. The van der Waals surface area contributed by atoms with Crippen molar-refractivity contribution in [3.05, 3.63) is 51.1 Å². The van der Waals surface area contributed by atoms with E-state index >= 15 is 0 Å². The monoisotopic (exact) mass is 400 g/mol. The lowest BCUT2D eigenvalue weighted by Gasteiger charge is -2.08. The smallest absolute Gasteiger partial charge is 0.234 e. The van der Waals surface area contributed by atoms with Crippen molar-refractivity contribution in [2.75, 3.05) is 11.1 Å². The van der Waals surface area contributed by atoms with Gasteiger partial charge in [0.2, 0.25) is 5.91 Å². The summed E-state index contributed by atoms with van der Waals surface area (Å²) in [6.45, 7) is 1.90. The molecule has 0 radical (unpaired) electrons. The van der Waals surface area contributed by atoms with Gasteiger partial charge in [-0.1, -0.05) is 52.6 Å². The molecule has 9 heteroatoms. The average molecular weight is 402 g/mol. The van der Waals surface area contributed by atoms with Gasteiger partial charge in [-0.15, -0.1) is 10.2 Å². The number of halogens is 3. The van der Waals surface area contributed by atoms with Gasteiger partial charge in [-0.05, 0) is 30.7 Å². The molecule has 1 amide bonds. The molecule has 124 valence electrons. The van der Waals surface area contributed by atoms with Gasteiger partial charge in [-0.3, -0.25) is 9.20 Å². The van der Waals surface area contributed by atoms with E-state index in [1.165, 1.54) is 11.8 Å². The standard InChI is InChI=1S/C15H11Cl3N4OS/c1-8-2-3-9(16)5-12(8)19-13(23)7-24-15-21-20-14-11(18)4-10(17)6-22(14)15/h2-6H,7H2,1H3,(H,19,23). The number of hydrogen-bond acceptors (Lipinski definition) is 4. The Morgan fingerprint density at radius 2 is 2.00 bits per heavy atom. The number of thioether (sulfide) groups is 1. The molecule has 0 spiro atoms. The van der Waals surface area contributed by atoms with E-state index in [0.29, 0.717) is 31.6 Å². The minimum atomic E-state index is -0.171. The normalized spacial score (nSPS) is 11.0. The Bertz CT molecular complexity index is 928. The first kappa shape index (κ1) is 17.4. The summed E-state index contributed by atoms with van der Waals surface area (Å²) in [7, 11) is 0. The highest BCUT2D eigenvalue weighted by Crippen LogP contribution is 2.26. The number of anilines is 1. The summed E-state index contributed by atoms with van der Waals surface area (Å²) in [5, 5.41) is 12.8. The fraction of sp³-hybridized carbons (Fsp3) is 0.133. The molecule has 2 heterocycles. The van der Waals surface area contributed by atoms with Crippen LogP contribution in [0.15, 0.2) is 35.6 Å². The van der Waals surface area contributed by atoms with Crippen molar-refractivity contribution in [2.24, 2.45) is 0 Å². The third-order valence-corrected chi connectivity index (χ3v) is 4.86. The minimum absolute atomic E-state index is 0.164. The zero-order valence-corrected chi connectivity index (χ0v) is 15.5. The molecular formula is C15H11Cl3N4OS. The first-order valence-corrected chi connectivity index (χ1v) is 8.94. The number of rotatable bonds is 4. The molecule has 0 fully saturated rings. The van der Waals surface area contributed by atoms with Crippen LogP contribution in [0, 0.1) is 6.92 Å². The maximum absolute atomic E-state index is 12.2. The van der Waals surface area contributed by atoms with E-state index in [-0.39, 0.29) is 11.7 Å². The SMILES string of the molecule is Cc1ccc(Cl)cc1NC(=O)CSc1nnc2c(Cl)cc(Cl)cn12. The van der Waals surface area contributed by atoms with Crippen molar-refractivity contribution in [3.63, 3.8) is 0 Å². The fourth-order valence-corrected chi connectivity index (χ4v) is 3.44. The van der Waals surface area contributed by atoms with Crippen LogP contribution in [0.4, 0.5) is 5.69 Å². The van der Waals surface area contributed by atoms with Gasteiger partial charge >= 0.3 is 0 Å². The van der Waals surface area contributed by atoms with Gasteiger partial charge in [0.25, 0.3) is 0 Å². The van der Waals surface area contributed by atoms with Crippen LogP contribution in [-0.4, -0.2) is 26.3 Å². The molecular weight excluding hydrogens is 391 g/mol. The number of carbonyl (C=O) groups excluding carboxylic acids is 1. The van der Waals surface area contributed by atoms with E-state index in [2.05, 4.69) is 15.5 Å². The zero-order chi connectivity index (χ0) is 17.3. The summed E-state index contributed by atoms with van der Waals surface area (Å²) in [6, 6.07) is 6.93. The molecule has 5 nitrogen and oxygen atoms in total. The van der Waals surface area contributed by atoms with Crippen LogP contribution in [0.25, 0.3) is 5.65 Å². The molecule has 0 saturated heterocycles. The molecule has 0 aliphatic carbocycles. The molecule has 0 unspecified atom stereocenters. The van der Waals surface area contributed by atoms with Crippen LogP contribution in [-0.2, 0) is 4.79 Å². The van der Waals surface area contributed by atoms with Gasteiger partial charge in [-0.2, -0.15) is 0 Å². The molecule has 0 bridgehead atoms. The lowest BCUT2D eigenvalue weighted by Crippen LogP contribution is -2.15. The number of hydrogen-bond donors (Lipinski definition) is 1. The third-order valence-electron chi connectivity index (χ3n) is 3.20. The van der Waals surface area contributed by atoms with E-state index in [1.807, 2.05) is 13.0 Å². The highest BCUT2D eigenvalue weighted by atomic mass is 35.5. The molecule has 0 atom stereocenters. The molecule has 24 heavy (non-hydrogen) atoms. The largest absolute Gasteiger partial charge is 0.325 e. The average Bonchev–Trinajstić information content (AvgIpc) is 2.92. The summed E-state index contributed by atoms with van der Waals surface area (Å²) in [5.74, 6) is -0.00750. The van der Waals surface area contributed by atoms with E-state index in [9.17, 15) is 4.79 Å². The summed E-state index contributed by atoms with van der Waals surface area (Å²) >= 11 is 19.3. The Hall–Kier alpha value is -1.47. The van der Waals surface area contributed by atoms with Crippen molar-refractivity contribution in [2.45, 2.75) is 12.1 Å².